The SMILES string of the molecule is CCNC(=NCC1CCN(CC)C1)N(C)Cc1ccc(OC)cc1. The fraction of sp³-hybridized carbons (Fsp3) is 0.632. The van der Waals surface area contributed by atoms with Crippen LogP contribution in [0.1, 0.15) is 25.8 Å². The molecule has 1 N–H and O–H groups in total. The van der Waals surface area contributed by atoms with Gasteiger partial charge < -0.3 is 19.9 Å². The van der Waals surface area contributed by atoms with E-state index in [0.29, 0.717) is 5.92 Å². The summed E-state index contributed by atoms with van der Waals surface area (Å²) in [6, 6.07) is 8.22. The smallest absolute Gasteiger partial charge is 0.193 e. The molecule has 0 bridgehead atoms. The lowest BCUT2D eigenvalue weighted by molar-refractivity contribution is 0.343. The van der Waals surface area contributed by atoms with Crippen LogP contribution in [0.25, 0.3) is 0 Å². The number of benzene rings is 1. The molecule has 1 aliphatic heterocycles. The number of hydrogen-bond donors (Lipinski definition) is 1. The zero-order chi connectivity index (χ0) is 17.4. The maximum absolute atomic E-state index is 5.22. The van der Waals surface area contributed by atoms with Gasteiger partial charge in [0, 0.05) is 33.2 Å². The van der Waals surface area contributed by atoms with Gasteiger partial charge in [-0.2, -0.15) is 0 Å². The van der Waals surface area contributed by atoms with Crippen LogP contribution >= 0.6 is 0 Å². The van der Waals surface area contributed by atoms with Crippen molar-refractivity contribution in [2.24, 2.45) is 10.9 Å². The van der Waals surface area contributed by atoms with Gasteiger partial charge in [-0.25, -0.2) is 0 Å². The highest BCUT2D eigenvalue weighted by atomic mass is 16.5. The summed E-state index contributed by atoms with van der Waals surface area (Å²) in [6.45, 7) is 10.5. The first-order valence-electron chi connectivity index (χ1n) is 9.01. The molecule has 24 heavy (non-hydrogen) atoms. The Morgan fingerprint density at radius 2 is 2.08 bits per heavy atom. The Kier molecular flexibility index (Phi) is 7.37. The Labute approximate surface area is 146 Å². The molecule has 1 atom stereocenters. The number of aliphatic imine (C=N–C) groups is 1. The minimum absolute atomic E-state index is 0.688. The molecular formula is C19H32N4O. The molecule has 134 valence electrons. The molecule has 1 aromatic rings. The largest absolute Gasteiger partial charge is 0.497 e. The van der Waals surface area contributed by atoms with E-state index in [1.54, 1.807) is 7.11 Å². The minimum Gasteiger partial charge on any atom is -0.497 e. The average Bonchev–Trinajstić information content (AvgIpc) is 3.07. The number of nitrogens with one attached hydrogen (secondary N) is 1. The number of hydrogen-bond acceptors (Lipinski definition) is 3. The molecule has 0 aromatic heterocycles. The Morgan fingerprint density at radius 1 is 1.33 bits per heavy atom. The van der Waals surface area contributed by atoms with Gasteiger partial charge in [0.2, 0.25) is 0 Å². The molecule has 2 rings (SSSR count). The zero-order valence-corrected chi connectivity index (χ0v) is 15.6. The van der Waals surface area contributed by atoms with E-state index >= 15 is 0 Å². The first kappa shape index (κ1) is 18.6. The fourth-order valence-electron chi connectivity index (χ4n) is 3.11. The Bertz CT molecular complexity index is 515. The van der Waals surface area contributed by atoms with Gasteiger partial charge in [-0.3, -0.25) is 4.99 Å². The molecular weight excluding hydrogens is 300 g/mol. The van der Waals surface area contributed by atoms with E-state index in [4.69, 9.17) is 9.73 Å². The third-order valence-corrected chi connectivity index (χ3v) is 4.59. The Balaban J connectivity index is 1.93. The highest BCUT2D eigenvalue weighted by molar-refractivity contribution is 5.79. The second-order valence-corrected chi connectivity index (χ2v) is 6.45. The highest BCUT2D eigenvalue weighted by Crippen LogP contribution is 2.16. The first-order valence-corrected chi connectivity index (χ1v) is 9.01. The molecule has 0 saturated carbocycles. The Morgan fingerprint density at radius 3 is 2.67 bits per heavy atom. The molecule has 0 radical (unpaired) electrons. The second-order valence-electron chi connectivity index (χ2n) is 6.45. The summed E-state index contributed by atoms with van der Waals surface area (Å²) in [5.41, 5.74) is 1.25. The number of methoxy groups -OCH3 is 1. The zero-order valence-electron chi connectivity index (χ0n) is 15.6. The monoisotopic (exact) mass is 332 g/mol. The first-order chi connectivity index (χ1) is 11.7. The lowest BCUT2D eigenvalue weighted by Crippen LogP contribution is -2.39. The van der Waals surface area contributed by atoms with Crippen molar-refractivity contribution in [2.75, 3.05) is 46.9 Å². The van der Waals surface area contributed by atoms with E-state index in [9.17, 15) is 0 Å². The van der Waals surface area contributed by atoms with E-state index in [2.05, 4.69) is 48.1 Å². The minimum atomic E-state index is 0.688. The average molecular weight is 332 g/mol. The molecule has 0 aliphatic carbocycles. The summed E-state index contributed by atoms with van der Waals surface area (Å²) in [6.07, 6.45) is 1.26. The van der Waals surface area contributed by atoms with Gasteiger partial charge in [0.15, 0.2) is 5.96 Å². The molecule has 1 unspecified atom stereocenters. The number of likely N-dealkylation sites (tertiary alicyclic amines) is 1. The van der Waals surface area contributed by atoms with Crippen LogP contribution in [0, 0.1) is 5.92 Å². The number of guanidine groups is 1. The molecule has 1 fully saturated rings. The summed E-state index contributed by atoms with van der Waals surface area (Å²) in [4.78, 5) is 9.57. The van der Waals surface area contributed by atoms with Crippen LogP contribution in [0.3, 0.4) is 0 Å². The molecule has 0 spiro atoms. The standard InChI is InChI=1S/C19H32N4O/c1-5-20-19(21-13-17-11-12-23(6-2)15-17)22(3)14-16-7-9-18(24-4)10-8-16/h7-10,17H,5-6,11-15H2,1-4H3,(H,20,21). The van der Waals surface area contributed by atoms with Gasteiger partial charge in [-0.05, 0) is 50.0 Å². The summed E-state index contributed by atoms with van der Waals surface area (Å²) < 4.78 is 5.22. The number of nitrogens with zero attached hydrogens (tertiary/aromatic N) is 3. The molecule has 5 nitrogen and oxygen atoms in total. The van der Waals surface area contributed by atoms with Crippen molar-refractivity contribution in [3.63, 3.8) is 0 Å². The van der Waals surface area contributed by atoms with Crippen LogP contribution in [0.5, 0.6) is 5.75 Å². The van der Waals surface area contributed by atoms with Crippen LogP contribution < -0.4 is 10.1 Å². The number of ether oxygens (including phenoxy) is 1. The fourth-order valence-corrected chi connectivity index (χ4v) is 3.11. The summed E-state index contributed by atoms with van der Waals surface area (Å²) >= 11 is 0. The van der Waals surface area contributed by atoms with Gasteiger partial charge in [-0.15, -0.1) is 0 Å². The van der Waals surface area contributed by atoms with Crippen LogP contribution in [-0.4, -0.2) is 62.6 Å². The quantitative estimate of drug-likeness (QED) is 0.615. The third-order valence-electron chi connectivity index (χ3n) is 4.59. The van der Waals surface area contributed by atoms with Crippen LogP contribution in [-0.2, 0) is 6.54 Å². The van der Waals surface area contributed by atoms with Crippen molar-refractivity contribution in [3.05, 3.63) is 29.8 Å². The molecule has 1 aliphatic rings. The molecule has 1 saturated heterocycles. The van der Waals surface area contributed by atoms with Crippen molar-refractivity contribution in [1.29, 1.82) is 0 Å². The van der Waals surface area contributed by atoms with Gasteiger partial charge in [0.1, 0.15) is 5.75 Å². The summed E-state index contributed by atoms with van der Waals surface area (Å²) in [7, 11) is 3.79. The normalized spacial score (nSPS) is 18.7. The van der Waals surface area contributed by atoms with E-state index in [0.717, 1.165) is 37.9 Å². The van der Waals surface area contributed by atoms with Gasteiger partial charge in [-0.1, -0.05) is 19.1 Å². The second kappa shape index (κ2) is 9.52. The highest BCUT2D eigenvalue weighted by Gasteiger charge is 2.21. The number of rotatable bonds is 7. The van der Waals surface area contributed by atoms with Crippen LogP contribution in [0.4, 0.5) is 0 Å². The predicted molar refractivity (Wildman–Crippen MR) is 101 cm³/mol. The van der Waals surface area contributed by atoms with E-state index < -0.39 is 0 Å². The molecule has 0 amide bonds. The van der Waals surface area contributed by atoms with Crippen molar-refractivity contribution in [2.45, 2.75) is 26.8 Å². The van der Waals surface area contributed by atoms with E-state index in [1.807, 2.05) is 12.1 Å². The van der Waals surface area contributed by atoms with Crippen LogP contribution in [0.2, 0.25) is 0 Å². The van der Waals surface area contributed by atoms with Crippen molar-refractivity contribution in [1.82, 2.24) is 15.1 Å². The lowest BCUT2D eigenvalue weighted by atomic mass is 10.1. The van der Waals surface area contributed by atoms with Crippen molar-refractivity contribution in [3.8, 4) is 5.75 Å². The topological polar surface area (TPSA) is 40.1 Å². The third kappa shape index (κ3) is 5.41. The van der Waals surface area contributed by atoms with E-state index in [-0.39, 0.29) is 0 Å². The van der Waals surface area contributed by atoms with Crippen LogP contribution in [0.15, 0.2) is 29.3 Å². The molecule has 5 heteroatoms. The molecule has 1 heterocycles. The maximum Gasteiger partial charge on any atom is 0.193 e. The maximum atomic E-state index is 5.22. The van der Waals surface area contributed by atoms with Crippen molar-refractivity contribution >= 4 is 5.96 Å². The van der Waals surface area contributed by atoms with Gasteiger partial charge in [0.05, 0.1) is 7.11 Å². The van der Waals surface area contributed by atoms with Gasteiger partial charge >= 0.3 is 0 Å². The molecule has 1 aromatic carbocycles. The summed E-state index contributed by atoms with van der Waals surface area (Å²) in [5.74, 6) is 2.57. The summed E-state index contributed by atoms with van der Waals surface area (Å²) in [5, 5.41) is 3.41. The predicted octanol–water partition coefficient (Wildman–Crippen LogP) is 2.43. The van der Waals surface area contributed by atoms with E-state index in [1.165, 1.54) is 25.1 Å². The lowest BCUT2D eigenvalue weighted by Gasteiger charge is -2.23. The Hall–Kier alpha value is -1.75. The van der Waals surface area contributed by atoms with Crippen molar-refractivity contribution < 1.29 is 4.74 Å². The van der Waals surface area contributed by atoms with Gasteiger partial charge in [0.25, 0.3) is 0 Å².